The molecule has 33 heavy (non-hydrogen) atoms. The zero-order valence-corrected chi connectivity index (χ0v) is 19.2. The number of carbonyl (C=O) groups excluding carboxylic acids is 3. The van der Waals surface area contributed by atoms with Crippen LogP contribution in [0.15, 0.2) is 42.5 Å². The van der Waals surface area contributed by atoms with Gasteiger partial charge >= 0.3 is 0 Å². The summed E-state index contributed by atoms with van der Waals surface area (Å²) in [6, 6.07) is 12.8. The number of aryl methyl sites for hydroxylation is 1. The maximum atomic E-state index is 13.7. The van der Waals surface area contributed by atoms with Gasteiger partial charge in [0.2, 0.25) is 11.8 Å². The number of rotatable bonds is 6. The van der Waals surface area contributed by atoms with Crippen LogP contribution in [0.25, 0.3) is 11.0 Å². The number of imidazole rings is 1. The summed E-state index contributed by atoms with van der Waals surface area (Å²) in [5.41, 5.74) is 8.85. The van der Waals surface area contributed by atoms with Gasteiger partial charge in [-0.15, -0.1) is 0 Å². The molecule has 0 unspecified atom stereocenters. The number of anilines is 1. The Kier molecular flexibility index (Phi) is 6.18. The summed E-state index contributed by atoms with van der Waals surface area (Å²) in [5.74, 6) is -0.394. The monoisotopic (exact) mass is 447 g/mol. The van der Waals surface area contributed by atoms with Crippen molar-refractivity contribution in [2.75, 3.05) is 11.9 Å². The van der Waals surface area contributed by atoms with Gasteiger partial charge in [-0.2, -0.15) is 0 Å². The first-order valence-electron chi connectivity index (χ1n) is 11.2. The van der Waals surface area contributed by atoms with E-state index in [0.717, 1.165) is 11.4 Å². The van der Waals surface area contributed by atoms with Gasteiger partial charge in [-0.25, -0.2) is 4.98 Å². The molecule has 0 saturated carbocycles. The fraction of sp³-hybridized carbons (Fsp3) is 0.360. The number of hydrogen-bond acceptors (Lipinski definition) is 4. The van der Waals surface area contributed by atoms with Crippen molar-refractivity contribution in [3.63, 3.8) is 0 Å². The lowest BCUT2D eigenvalue weighted by atomic mass is 10.1. The molecule has 0 aliphatic carbocycles. The van der Waals surface area contributed by atoms with Crippen LogP contribution in [-0.4, -0.2) is 44.8 Å². The fourth-order valence-corrected chi connectivity index (χ4v) is 4.33. The molecule has 8 heteroatoms. The molecule has 1 aliphatic heterocycles. The molecule has 2 aromatic carbocycles. The number of fused-ring (bicyclic) bond motifs is 1. The minimum absolute atomic E-state index is 0.149. The summed E-state index contributed by atoms with van der Waals surface area (Å²) in [5, 5.41) is 2.88. The molecule has 1 aromatic heterocycles. The number of carbonyl (C=O) groups is 3. The average molecular weight is 448 g/mol. The van der Waals surface area contributed by atoms with Gasteiger partial charge in [0, 0.05) is 24.7 Å². The zero-order chi connectivity index (χ0) is 23.7. The van der Waals surface area contributed by atoms with E-state index in [0.29, 0.717) is 48.2 Å². The Morgan fingerprint density at radius 2 is 1.91 bits per heavy atom. The zero-order valence-electron chi connectivity index (χ0n) is 19.2. The van der Waals surface area contributed by atoms with Crippen LogP contribution in [0.4, 0.5) is 5.69 Å². The van der Waals surface area contributed by atoms with Crippen molar-refractivity contribution >= 4 is 34.4 Å². The number of aromatic nitrogens is 2. The lowest BCUT2D eigenvalue weighted by molar-refractivity contribution is -0.121. The second-order valence-corrected chi connectivity index (χ2v) is 8.83. The van der Waals surface area contributed by atoms with E-state index in [-0.39, 0.29) is 17.7 Å². The van der Waals surface area contributed by atoms with Gasteiger partial charge in [0.05, 0.1) is 16.6 Å². The number of benzene rings is 2. The number of nitrogens with one attached hydrogen (secondary N) is 1. The minimum atomic E-state index is -0.631. The minimum Gasteiger partial charge on any atom is -0.368 e. The smallest absolute Gasteiger partial charge is 0.256 e. The molecule has 3 N–H and O–H groups in total. The molecule has 1 aliphatic rings. The molecular weight excluding hydrogens is 418 g/mol. The molecule has 0 spiro atoms. The maximum Gasteiger partial charge on any atom is 0.256 e. The summed E-state index contributed by atoms with van der Waals surface area (Å²) < 4.78 is 2.00. The van der Waals surface area contributed by atoms with Crippen LogP contribution < -0.4 is 11.1 Å². The fourth-order valence-electron chi connectivity index (χ4n) is 4.33. The molecule has 3 aromatic rings. The van der Waals surface area contributed by atoms with Crippen LogP contribution in [0, 0.1) is 12.8 Å². The largest absolute Gasteiger partial charge is 0.368 e. The Labute approximate surface area is 192 Å². The number of nitrogens with zero attached hydrogens (tertiary/aromatic N) is 3. The SMILES string of the molecule is Cc1nc2cc(NC(=O)C(C)C)cc(C(=O)N3CCC[C@H]3C(N)=O)c2n1Cc1ccccc1. The number of hydrogen-bond donors (Lipinski definition) is 2. The van der Waals surface area contributed by atoms with Crippen molar-refractivity contribution in [2.45, 2.75) is 46.2 Å². The van der Waals surface area contributed by atoms with Crippen molar-refractivity contribution < 1.29 is 14.4 Å². The summed E-state index contributed by atoms with van der Waals surface area (Å²) in [7, 11) is 0. The van der Waals surface area contributed by atoms with E-state index in [1.165, 1.54) is 0 Å². The van der Waals surface area contributed by atoms with Crippen LogP contribution in [0.3, 0.4) is 0 Å². The highest BCUT2D eigenvalue weighted by Gasteiger charge is 2.34. The average Bonchev–Trinajstić information content (AvgIpc) is 3.38. The highest BCUT2D eigenvalue weighted by atomic mass is 16.2. The molecule has 1 saturated heterocycles. The van der Waals surface area contributed by atoms with Crippen LogP contribution in [0.1, 0.15) is 48.4 Å². The van der Waals surface area contributed by atoms with Crippen molar-refractivity contribution in [2.24, 2.45) is 11.7 Å². The molecule has 8 nitrogen and oxygen atoms in total. The standard InChI is InChI=1S/C25H29N5O3/c1-15(2)24(32)28-18-12-19(25(33)29-11-7-10-21(29)23(26)31)22-20(13-18)27-16(3)30(22)14-17-8-5-4-6-9-17/h4-6,8-9,12-13,15,21H,7,10-11,14H2,1-3H3,(H2,26,31)(H,28,32)/t21-/m0/s1. The molecule has 0 radical (unpaired) electrons. The van der Waals surface area contributed by atoms with Gasteiger partial charge < -0.3 is 20.5 Å². The number of amides is 3. The Hall–Kier alpha value is -3.68. The second-order valence-electron chi connectivity index (χ2n) is 8.83. The third-order valence-electron chi connectivity index (χ3n) is 6.08. The first kappa shape index (κ1) is 22.5. The molecule has 2 heterocycles. The molecule has 1 atom stereocenters. The van der Waals surface area contributed by atoms with Gasteiger partial charge in [-0.1, -0.05) is 44.2 Å². The quantitative estimate of drug-likeness (QED) is 0.605. The van der Waals surface area contributed by atoms with Crippen LogP contribution >= 0.6 is 0 Å². The first-order valence-corrected chi connectivity index (χ1v) is 11.2. The molecular formula is C25H29N5O3. The van der Waals surface area contributed by atoms with E-state index in [2.05, 4.69) is 5.32 Å². The topological polar surface area (TPSA) is 110 Å². The number of likely N-dealkylation sites (tertiary alicyclic amines) is 1. The maximum absolute atomic E-state index is 13.7. The molecule has 0 bridgehead atoms. The summed E-state index contributed by atoms with van der Waals surface area (Å²) in [4.78, 5) is 44.3. The number of nitrogens with two attached hydrogens (primary N) is 1. The van der Waals surface area contributed by atoms with Crippen molar-refractivity contribution in [1.29, 1.82) is 0 Å². The number of primary amides is 1. The molecule has 1 fully saturated rings. The summed E-state index contributed by atoms with van der Waals surface area (Å²) >= 11 is 0. The Morgan fingerprint density at radius 3 is 2.58 bits per heavy atom. The lowest BCUT2D eigenvalue weighted by Gasteiger charge is -2.23. The van der Waals surface area contributed by atoms with E-state index >= 15 is 0 Å². The predicted octanol–water partition coefficient (Wildman–Crippen LogP) is 3.08. The van der Waals surface area contributed by atoms with Crippen LogP contribution in [0.2, 0.25) is 0 Å². The van der Waals surface area contributed by atoms with Gasteiger partial charge in [0.1, 0.15) is 11.9 Å². The summed E-state index contributed by atoms with van der Waals surface area (Å²) in [6.07, 6.45) is 1.27. The molecule has 3 amide bonds. The second kappa shape index (κ2) is 9.05. The van der Waals surface area contributed by atoms with Gasteiger partial charge in [0.25, 0.3) is 5.91 Å². The van der Waals surface area contributed by atoms with Crippen LogP contribution in [-0.2, 0) is 16.1 Å². The van der Waals surface area contributed by atoms with Crippen molar-refractivity contribution in [1.82, 2.24) is 14.5 Å². The van der Waals surface area contributed by atoms with E-state index in [9.17, 15) is 14.4 Å². The molecule has 4 rings (SSSR count). The van der Waals surface area contributed by atoms with Gasteiger partial charge in [-0.05, 0) is 37.5 Å². The molecule has 172 valence electrons. The van der Waals surface area contributed by atoms with Crippen molar-refractivity contribution in [3.05, 3.63) is 59.4 Å². The van der Waals surface area contributed by atoms with Crippen molar-refractivity contribution in [3.8, 4) is 0 Å². The van der Waals surface area contributed by atoms with E-state index < -0.39 is 11.9 Å². The normalized spacial score (nSPS) is 15.9. The Bertz CT molecular complexity index is 1220. The lowest BCUT2D eigenvalue weighted by Crippen LogP contribution is -2.43. The Balaban J connectivity index is 1.85. The first-order chi connectivity index (χ1) is 15.8. The van der Waals surface area contributed by atoms with Gasteiger partial charge in [-0.3, -0.25) is 14.4 Å². The Morgan fingerprint density at radius 1 is 1.18 bits per heavy atom. The van der Waals surface area contributed by atoms with E-state index in [1.54, 1.807) is 30.9 Å². The predicted molar refractivity (Wildman–Crippen MR) is 127 cm³/mol. The third-order valence-corrected chi connectivity index (χ3v) is 6.08. The highest BCUT2D eigenvalue weighted by molar-refractivity contribution is 6.09. The highest BCUT2D eigenvalue weighted by Crippen LogP contribution is 2.30. The third kappa shape index (κ3) is 4.46. The summed E-state index contributed by atoms with van der Waals surface area (Å²) in [6.45, 7) is 6.51. The van der Waals surface area contributed by atoms with E-state index in [1.807, 2.05) is 41.8 Å². The van der Waals surface area contributed by atoms with E-state index in [4.69, 9.17) is 10.7 Å². The van der Waals surface area contributed by atoms with Crippen LogP contribution in [0.5, 0.6) is 0 Å². The van der Waals surface area contributed by atoms with Gasteiger partial charge in [0.15, 0.2) is 0 Å².